The van der Waals surface area contributed by atoms with Gasteiger partial charge in [0.2, 0.25) is 0 Å². The van der Waals surface area contributed by atoms with Crippen molar-refractivity contribution < 1.29 is 9.59 Å². The molecule has 132 valence electrons. The summed E-state index contributed by atoms with van der Waals surface area (Å²) < 4.78 is 0. The average Bonchev–Trinajstić information content (AvgIpc) is 3.04. The summed E-state index contributed by atoms with van der Waals surface area (Å²) in [5, 5.41) is 1.35. The minimum absolute atomic E-state index is 0.170. The van der Waals surface area contributed by atoms with Crippen molar-refractivity contribution in [2.24, 2.45) is 0 Å². The number of benzene rings is 2. The van der Waals surface area contributed by atoms with Gasteiger partial charge in [-0.25, -0.2) is 4.98 Å². The molecule has 3 rings (SSSR count). The molecule has 0 saturated heterocycles. The van der Waals surface area contributed by atoms with Crippen molar-refractivity contribution in [2.45, 2.75) is 6.92 Å². The normalized spacial score (nSPS) is 10.4. The van der Waals surface area contributed by atoms with Crippen molar-refractivity contribution in [3.63, 3.8) is 0 Å². The Morgan fingerprint density at radius 3 is 2.42 bits per heavy atom. The van der Waals surface area contributed by atoms with E-state index in [1.165, 1.54) is 23.5 Å². The fourth-order valence-electron chi connectivity index (χ4n) is 2.28. The highest BCUT2D eigenvalue weighted by atomic mass is 35.5. The molecule has 8 heteroatoms. The third kappa shape index (κ3) is 4.04. The Hall–Kier alpha value is -2.41. The highest BCUT2D eigenvalue weighted by Crippen LogP contribution is 2.27. The summed E-state index contributed by atoms with van der Waals surface area (Å²) in [5.74, 6) is -1.02. The fourth-order valence-corrected chi connectivity index (χ4v) is 3.49. The average molecular weight is 406 g/mol. The van der Waals surface area contributed by atoms with E-state index in [9.17, 15) is 9.59 Å². The Bertz CT molecular complexity index is 974. The largest absolute Gasteiger partial charge is 0.282 e. The maximum absolute atomic E-state index is 12.5. The number of aromatic nitrogens is 1. The number of hydrogen-bond acceptors (Lipinski definition) is 4. The molecule has 0 radical (unpaired) electrons. The van der Waals surface area contributed by atoms with Gasteiger partial charge in [0.1, 0.15) is 4.88 Å². The van der Waals surface area contributed by atoms with E-state index in [1.807, 2.05) is 37.3 Å². The summed E-state index contributed by atoms with van der Waals surface area (Å²) in [5.41, 5.74) is 6.31. The highest BCUT2D eigenvalue weighted by Gasteiger charge is 2.19. The first kappa shape index (κ1) is 18.4. The summed E-state index contributed by atoms with van der Waals surface area (Å²) in [7, 11) is 0. The van der Waals surface area contributed by atoms with E-state index in [0.717, 1.165) is 10.6 Å². The van der Waals surface area contributed by atoms with Gasteiger partial charge in [-0.15, -0.1) is 11.3 Å². The Kier molecular flexibility index (Phi) is 5.56. The lowest BCUT2D eigenvalue weighted by Gasteiger charge is -2.09. The Labute approximate surface area is 163 Å². The van der Waals surface area contributed by atoms with Gasteiger partial charge in [-0.05, 0) is 25.1 Å². The van der Waals surface area contributed by atoms with Crippen molar-refractivity contribution in [1.29, 1.82) is 0 Å². The topological polar surface area (TPSA) is 71.1 Å². The Morgan fingerprint density at radius 2 is 1.69 bits per heavy atom. The molecule has 0 atom stereocenters. The van der Waals surface area contributed by atoms with E-state index in [4.69, 9.17) is 23.2 Å². The third-order valence-electron chi connectivity index (χ3n) is 3.45. The molecule has 0 aliphatic carbocycles. The van der Waals surface area contributed by atoms with Gasteiger partial charge in [0, 0.05) is 10.6 Å². The zero-order valence-electron chi connectivity index (χ0n) is 13.5. The summed E-state index contributed by atoms with van der Waals surface area (Å²) in [6.07, 6.45) is 0. The number of carbonyl (C=O) groups is 2. The van der Waals surface area contributed by atoms with Gasteiger partial charge in [-0.2, -0.15) is 0 Å². The molecule has 3 aromatic rings. The first-order valence-electron chi connectivity index (χ1n) is 7.54. The SMILES string of the molecule is Cc1nc(-c2ccccc2)c(C(=O)NNC(=O)c2cc(Cl)ccc2Cl)s1. The molecule has 0 fully saturated rings. The van der Waals surface area contributed by atoms with E-state index in [-0.39, 0.29) is 10.6 Å². The van der Waals surface area contributed by atoms with Crippen LogP contribution < -0.4 is 10.9 Å². The molecule has 0 unspecified atom stereocenters. The quantitative estimate of drug-likeness (QED) is 0.630. The van der Waals surface area contributed by atoms with E-state index < -0.39 is 11.8 Å². The van der Waals surface area contributed by atoms with Gasteiger partial charge in [0.05, 0.1) is 21.3 Å². The van der Waals surface area contributed by atoms with Crippen LogP contribution in [0.2, 0.25) is 10.0 Å². The van der Waals surface area contributed by atoms with Crippen molar-refractivity contribution in [3.05, 3.63) is 74.0 Å². The first-order valence-corrected chi connectivity index (χ1v) is 9.11. The molecule has 2 amide bonds. The molecule has 2 N–H and O–H groups in total. The van der Waals surface area contributed by atoms with Crippen LogP contribution in [-0.2, 0) is 0 Å². The van der Waals surface area contributed by atoms with Gasteiger partial charge in [0.25, 0.3) is 11.8 Å². The van der Waals surface area contributed by atoms with Crippen LogP contribution in [0.25, 0.3) is 11.3 Å². The van der Waals surface area contributed by atoms with Gasteiger partial charge >= 0.3 is 0 Å². The lowest BCUT2D eigenvalue weighted by atomic mass is 10.1. The lowest BCUT2D eigenvalue weighted by molar-refractivity contribution is 0.0849. The minimum Gasteiger partial charge on any atom is -0.267 e. The van der Waals surface area contributed by atoms with Crippen LogP contribution in [0.4, 0.5) is 0 Å². The smallest absolute Gasteiger partial charge is 0.267 e. The number of hydrazine groups is 1. The second-order valence-corrected chi connectivity index (χ2v) is 7.36. The number of aryl methyl sites for hydroxylation is 1. The van der Waals surface area contributed by atoms with E-state index in [0.29, 0.717) is 15.6 Å². The molecule has 26 heavy (non-hydrogen) atoms. The molecule has 2 aromatic carbocycles. The first-order chi connectivity index (χ1) is 12.5. The standard InChI is InChI=1S/C18H13Cl2N3O2S/c1-10-21-15(11-5-3-2-4-6-11)16(26-10)18(25)23-22-17(24)13-9-12(19)7-8-14(13)20/h2-9H,1H3,(H,22,24)(H,23,25). The number of nitrogens with one attached hydrogen (secondary N) is 2. The van der Waals surface area contributed by atoms with Gasteiger partial charge in [-0.1, -0.05) is 53.5 Å². The summed E-state index contributed by atoms with van der Waals surface area (Å²) in [6.45, 7) is 1.82. The van der Waals surface area contributed by atoms with Crippen LogP contribution in [0, 0.1) is 6.92 Å². The van der Waals surface area contributed by atoms with Gasteiger partial charge in [-0.3, -0.25) is 20.4 Å². The number of carbonyl (C=O) groups excluding carboxylic acids is 2. The predicted molar refractivity (Wildman–Crippen MR) is 104 cm³/mol. The molecular weight excluding hydrogens is 393 g/mol. The summed E-state index contributed by atoms with van der Waals surface area (Å²) in [6, 6.07) is 13.9. The summed E-state index contributed by atoms with van der Waals surface area (Å²) >= 11 is 13.1. The lowest BCUT2D eigenvalue weighted by Crippen LogP contribution is -2.41. The maximum atomic E-state index is 12.5. The van der Waals surface area contributed by atoms with Crippen LogP contribution in [0.5, 0.6) is 0 Å². The van der Waals surface area contributed by atoms with E-state index in [2.05, 4.69) is 15.8 Å². The number of thiazole rings is 1. The number of halogens is 2. The second kappa shape index (κ2) is 7.86. The number of amides is 2. The molecule has 1 heterocycles. The van der Waals surface area contributed by atoms with Gasteiger partial charge < -0.3 is 0 Å². The molecule has 5 nitrogen and oxygen atoms in total. The third-order valence-corrected chi connectivity index (χ3v) is 4.98. The fraction of sp³-hybridized carbons (Fsp3) is 0.0556. The van der Waals surface area contributed by atoms with E-state index >= 15 is 0 Å². The highest BCUT2D eigenvalue weighted by molar-refractivity contribution is 7.14. The van der Waals surface area contributed by atoms with Crippen LogP contribution in [-0.4, -0.2) is 16.8 Å². The minimum atomic E-state index is -0.562. The molecule has 0 bridgehead atoms. The molecule has 0 spiro atoms. The molecule has 0 aliphatic rings. The van der Waals surface area contributed by atoms with Crippen molar-refractivity contribution in [1.82, 2.24) is 15.8 Å². The zero-order valence-corrected chi connectivity index (χ0v) is 15.9. The maximum Gasteiger partial charge on any atom is 0.282 e. The van der Waals surface area contributed by atoms with Crippen LogP contribution in [0.15, 0.2) is 48.5 Å². The predicted octanol–water partition coefficient (Wildman–Crippen LogP) is 4.50. The van der Waals surface area contributed by atoms with Crippen LogP contribution in [0.3, 0.4) is 0 Å². The van der Waals surface area contributed by atoms with Crippen LogP contribution in [0.1, 0.15) is 25.0 Å². The molecule has 0 aliphatic heterocycles. The Morgan fingerprint density at radius 1 is 1.00 bits per heavy atom. The van der Waals surface area contributed by atoms with Crippen molar-refractivity contribution >= 4 is 46.4 Å². The Balaban J connectivity index is 1.77. The summed E-state index contributed by atoms with van der Waals surface area (Å²) in [4.78, 5) is 29.6. The number of nitrogens with zero attached hydrogens (tertiary/aromatic N) is 1. The number of rotatable bonds is 3. The van der Waals surface area contributed by atoms with Gasteiger partial charge in [0.15, 0.2) is 0 Å². The van der Waals surface area contributed by atoms with Crippen molar-refractivity contribution in [2.75, 3.05) is 0 Å². The zero-order chi connectivity index (χ0) is 18.7. The molecule has 0 saturated carbocycles. The monoisotopic (exact) mass is 405 g/mol. The van der Waals surface area contributed by atoms with Crippen LogP contribution >= 0.6 is 34.5 Å². The molecular formula is C18H13Cl2N3O2S. The molecule has 1 aromatic heterocycles. The number of hydrogen-bond donors (Lipinski definition) is 2. The second-order valence-electron chi connectivity index (χ2n) is 5.31. The van der Waals surface area contributed by atoms with Crippen molar-refractivity contribution in [3.8, 4) is 11.3 Å². The van der Waals surface area contributed by atoms with E-state index in [1.54, 1.807) is 6.07 Å².